The second kappa shape index (κ2) is 6.32. The number of furan rings is 1. The van der Waals surface area contributed by atoms with E-state index in [9.17, 15) is 4.79 Å². The van der Waals surface area contributed by atoms with Crippen LogP contribution in [0.5, 0.6) is 0 Å². The van der Waals surface area contributed by atoms with Crippen molar-refractivity contribution in [3.05, 3.63) is 58.5 Å². The third kappa shape index (κ3) is 3.35. The Labute approximate surface area is 126 Å². The SMILES string of the molecule is CN(Cc1cccc(/C(N)=N/O)c1)C(=O)c1ccoc1Cl. The van der Waals surface area contributed by atoms with Crippen molar-refractivity contribution in [3.63, 3.8) is 0 Å². The normalized spacial score (nSPS) is 11.4. The van der Waals surface area contributed by atoms with Gasteiger partial charge in [-0.25, -0.2) is 0 Å². The molecule has 0 atom stereocenters. The molecule has 0 spiro atoms. The first kappa shape index (κ1) is 14.9. The highest BCUT2D eigenvalue weighted by molar-refractivity contribution is 6.32. The number of rotatable bonds is 4. The van der Waals surface area contributed by atoms with E-state index in [1.54, 1.807) is 25.2 Å². The van der Waals surface area contributed by atoms with Gasteiger partial charge in [0.15, 0.2) is 5.84 Å². The van der Waals surface area contributed by atoms with Crippen LogP contribution in [0.3, 0.4) is 0 Å². The molecule has 0 aliphatic rings. The van der Waals surface area contributed by atoms with Crippen molar-refractivity contribution < 1.29 is 14.4 Å². The molecule has 110 valence electrons. The average Bonchev–Trinajstić information content (AvgIpc) is 2.92. The van der Waals surface area contributed by atoms with E-state index in [-0.39, 0.29) is 17.0 Å². The van der Waals surface area contributed by atoms with Gasteiger partial charge >= 0.3 is 0 Å². The molecule has 1 aromatic heterocycles. The lowest BCUT2D eigenvalue weighted by atomic mass is 10.1. The molecule has 2 aromatic rings. The quantitative estimate of drug-likeness (QED) is 0.392. The zero-order valence-corrected chi connectivity index (χ0v) is 12.0. The second-order valence-electron chi connectivity index (χ2n) is 4.45. The molecule has 0 aliphatic heterocycles. The first-order chi connectivity index (χ1) is 10.0. The van der Waals surface area contributed by atoms with Gasteiger partial charge in [-0.3, -0.25) is 4.79 Å². The fourth-order valence-corrected chi connectivity index (χ4v) is 2.08. The molecule has 21 heavy (non-hydrogen) atoms. The maximum Gasteiger partial charge on any atom is 0.258 e. The molecule has 3 N–H and O–H groups in total. The number of hydrogen-bond donors (Lipinski definition) is 2. The number of amidine groups is 1. The van der Waals surface area contributed by atoms with Gasteiger partial charge in [0.2, 0.25) is 5.22 Å². The summed E-state index contributed by atoms with van der Waals surface area (Å²) in [5.41, 5.74) is 7.28. The molecule has 7 heteroatoms. The van der Waals surface area contributed by atoms with E-state index in [0.29, 0.717) is 17.7 Å². The number of benzene rings is 1. The summed E-state index contributed by atoms with van der Waals surface area (Å²) in [6.07, 6.45) is 1.36. The van der Waals surface area contributed by atoms with E-state index in [1.165, 1.54) is 17.2 Å². The Bertz CT molecular complexity index is 682. The highest BCUT2D eigenvalue weighted by Gasteiger charge is 2.17. The Balaban J connectivity index is 2.15. The Hall–Kier alpha value is -2.47. The molecule has 2 rings (SSSR count). The van der Waals surface area contributed by atoms with Crippen molar-refractivity contribution >= 4 is 23.3 Å². The molecule has 0 saturated heterocycles. The van der Waals surface area contributed by atoms with E-state index in [2.05, 4.69) is 5.16 Å². The Morgan fingerprint density at radius 3 is 2.86 bits per heavy atom. The van der Waals surface area contributed by atoms with Gasteiger partial charge in [-0.2, -0.15) is 0 Å². The predicted molar refractivity (Wildman–Crippen MR) is 78.5 cm³/mol. The molecule has 1 heterocycles. The molecule has 0 fully saturated rings. The highest BCUT2D eigenvalue weighted by Crippen LogP contribution is 2.19. The van der Waals surface area contributed by atoms with Gasteiger partial charge in [0.05, 0.1) is 11.8 Å². The van der Waals surface area contributed by atoms with Crippen molar-refractivity contribution in [2.45, 2.75) is 6.54 Å². The predicted octanol–water partition coefficient (Wildman–Crippen LogP) is 2.30. The lowest BCUT2D eigenvalue weighted by molar-refractivity contribution is 0.0784. The number of oxime groups is 1. The molecular weight excluding hydrogens is 294 g/mol. The lowest BCUT2D eigenvalue weighted by Crippen LogP contribution is -2.26. The third-order valence-electron chi connectivity index (χ3n) is 2.95. The summed E-state index contributed by atoms with van der Waals surface area (Å²) in [5, 5.41) is 11.7. The van der Waals surface area contributed by atoms with Gasteiger partial charge in [-0.15, -0.1) is 0 Å². The molecule has 0 bridgehead atoms. The van der Waals surface area contributed by atoms with Gasteiger partial charge in [-0.05, 0) is 29.3 Å². The number of halogens is 1. The monoisotopic (exact) mass is 307 g/mol. The van der Waals surface area contributed by atoms with Crippen LogP contribution < -0.4 is 5.73 Å². The van der Waals surface area contributed by atoms with Crippen molar-refractivity contribution in [3.8, 4) is 0 Å². The van der Waals surface area contributed by atoms with Gasteiger partial charge in [-0.1, -0.05) is 23.4 Å². The summed E-state index contributed by atoms with van der Waals surface area (Å²) in [4.78, 5) is 13.7. The van der Waals surface area contributed by atoms with Crippen LogP contribution in [-0.4, -0.2) is 28.9 Å². The first-order valence-corrected chi connectivity index (χ1v) is 6.46. The molecule has 0 unspecified atom stereocenters. The van der Waals surface area contributed by atoms with Gasteiger partial charge < -0.3 is 20.3 Å². The molecule has 0 aliphatic carbocycles. The number of nitrogens with zero attached hydrogens (tertiary/aromatic N) is 2. The van der Waals surface area contributed by atoms with Crippen LogP contribution in [0.25, 0.3) is 0 Å². The maximum atomic E-state index is 12.2. The van der Waals surface area contributed by atoms with E-state index < -0.39 is 0 Å². The topological polar surface area (TPSA) is 92.1 Å². The van der Waals surface area contributed by atoms with E-state index in [0.717, 1.165) is 5.56 Å². The number of carbonyl (C=O) groups excluding carboxylic acids is 1. The van der Waals surface area contributed by atoms with Gasteiger partial charge in [0.1, 0.15) is 0 Å². The summed E-state index contributed by atoms with van der Waals surface area (Å²) < 4.78 is 4.91. The molecule has 0 saturated carbocycles. The third-order valence-corrected chi connectivity index (χ3v) is 3.24. The number of amides is 1. The minimum atomic E-state index is -0.247. The molecule has 0 radical (unpaired) electrons. The van der Waals surface area contributed by atoms with E-state index in [1.807, 2.05) is 6.07 Å². The smallest absolute Gasteiger partial charge is 0.258 e. The van der Waals surface area contributed by atoms with Crippen LogP contribution in [0.15, 0.2) is 46.2 Å². The van der Waals surface area contributed by atoms with Crippen molar-refractivity contribution in [2.24, 2.45) is 10.9 Å². The van der Waals surface area contributed by atoms with Crippen molar-refractivity contribution in [1.29, 1.82) is 0 Å². The number of hydrogen-bond acceptors (Lipinski definition) is 4. The fourth-order valence-electron chi connectivity index (χ4n) is 1.88. The second-order valence-corrected chi connectivity index (χ2v) is 4.80. The number of carbonyl (C=O) groups is 1. The van der Waals surface area contributed by atoms with E-state index >= 15 is 0 Å². The summed E-state index contributed by atoms with van der Waals surface area (Å²) in [6.45, 7) is 0.354. The van der Waals surface area contributed by atoms with Crippen molar-refractivity contribution in [1.82, 2.24) is 4.90 Å². The first-order valence-electron chi connectivity index (χ1n) is 6.08. The standard InChI is InChI=1S/C14H14ClN3O3/c1-18(14(19)11-5-6-21-12(11)15)8-9-3-2-4-10(7-9)13(16)17-20/h2-7,20H,8H2,1H3,(H2,16,17). The zero-order valence-electron chi connectivity index (χ0n) is 11.3. The Morgan fingerprint density at radius 2 is 2.24 bits per heavy atom. The summed E-state index contributed by atoms with van der Waals surface area (Å²) >= 11 is 5.79. The van der Waals surface area contributed by atoms with Crippen molar-refractivity contribution in [2.75, 3.05) is 7.05 Å². The molecule has 1 aromatic carbocycles. The minimum absolute atomic E-state index is 0.0173. The van der Waals surface area contributed by atoms with Crippen LogP contribution in [0.4, 0.5) is 0 Å². The Kier molecular flexibility index (Phi) is 4.49. The number of nitrogens with two attached hydrogens (primary N) is 1. The zero-order chi connectivity index (χ0) is 15.4. The molecule has 6 nitrogen and oxygen atoms in total. The summed E-state index contributed by atoms with van der Waals surface area (Å²) in [7, 11) is 1.65. The molecular formula is C14H14ClN3O3. The summed E-state index contributed by atoms with van der Waals surface area (Å²) in [5.74, 6) is -0.230. The van der Waals surface area contributed by atoms with Crippen LogP contribution >= 0.6 is 11.6 Å². The average molecular weight is 308 g/mol. The lowest BCUT2D eigenvalue weighted by Gasteiger charge is -2.17. The van der Waals surface area contributed by atoms with Crippen LogP contribution in [0.1, 0.15) is 21.5 Å². The summed E-state index contributed by atoms with van der Waals surface area (Å²) in [6, 6.07) is 8.60. The van der Waals surface area contributed by atoms with Gasteiger partial charge in [0, 0.05) is 19.2 Å². The van der Waals surface area contributed by atoms with E-state index in [4.69, 9.17) is 27.0 Å². The maximum absolute atomic E-state index is 12.2. The largest absolute Gasteiger partial charge is 0.452 e. The van der Waals surface area contributed by atoms with Crippen LogP contribution in [0.2, 0.25) is 5.22 Å². The fraction of sp³-hybridized carbons (Fsp3) is 0.143. The van der Waals surface area contributed by atoms with Crippen LogP contribution in [-0.2, 0) is 6.54 Å². The highest BCUT2D eigenvalue weighted by atomic mass is 35.5. The Morgan fingerprint density at radius 1 is 1.48 bits per heavy atom. The minimum Gasteiger partial charge on any atom is -0.452 e. The van der Waals surface area contributed by atoms with Crippen LogP contribution in [0, 0.1) is 0 Å². The van der Waals surface area contributed by atoms with Gasteiger partial charge in [0.25, 0.3) is 5.91 Å². The molecule has 1 amide bonds.